The van der Waals surface area contributed by atoms with Gasteiger partial charge in [-0.2, -0.15) is 0 Å². The van der Waals surface area contributed by atoms with Gasteiger partial charge in [0.15, 0.2) is 11.5 Å². The number of rotatable bonds is 7. The van der Waals surface area contributed by atoms with Crippen LogP contribution in [0.3, 0.4) is 0 Å². The third kappa shape index (κ3) is 4.32. The summed E-state index contributed by atoms with van der Waals surface area (Å²) in [6.07, 6.45) is 0. The molecule has 2 aliphatic rings. The number of hydrogen-bond acceptors (Lipinski definition) is 7. The zero-order valence-corrected chi connectivity index (χ0v) is 19.4. The number of nitrogens with zero attached hydrogens (tertiary/aromatic N) is 2. The van der Waals surface area contributed by atoms with Crippen molar-refractivity contribution in [2.75, 3.05) is 60.7 Å². The molecule has 2 aliphatic heterocycles. The Labute approximate surface area is 192 Å². The van der Waals surface area contributed by atoms with Gasteiger partial charge in [-0.25, -0.2) is 0 Å². The fourth-order valence-electron chi connectivity index (χ4n) is 4.42. The highest BCUT2D eigenvalue weighted by molar-refractivity contribution is 7.10. The van der Waals surface area contributed by atoms with E-state index in [-0.39, 0.29) is 11.8 Å². The second-order valence-corrected chi connectivity index (χ2v) is 8.87. The highest BCUT2D eigenvalue weighted by Crippen LogP contribution is 2.46. The first-order valence-electron chi connectivity index (χ1n) is 10.7. The Morgan fingerprint density at radius 3 is 2.59 bits per heavy atom. The molecule has 1 fully saturated rings. The fourth-order valence-corrected chi connectivity index (χ4v) is 5.32. The largest absolute Gasteiger partial charge is 0.493 e. The summed E-state index contributed by atoms with van der Waals surface area (Å²) in [6, 6.07) is 6.96. The van der Waals surface area contributed by atoms with E-state index in [9.17, 15) is 9.59 Å². The van der Waals surface area contributed by atoms with Gasteiger partial charge in [-0.15, -0.1) is 11.3 Å². The van der Waals surface area contributed by atoms with Crippen LogP contribution in [0.5, 0.6) is 11.5 Å². The van der Waals surface area contributed by atoms with E-state index in [2.05, 4.69) is 10.2 Å². The summed E-state index contributed by atoms with van der Waals surface area (Å²) in [5, 5.41) is 5.07. The molecule has 2 atom stereocenters. The second-order valence-electron chi connectivity index (χ2n) is 7.89. The Balaban J connectivity index is 1.66. The number of likely N-dealkylation sites (N-methyl/N-ethyl adjacent to an activating group) is 1. The van der Waals surface area contributed by atoms with Crippen LogP contribution in [0.1, 0.15) is 32.8 Å². The number of morpholine rings is 1. The average Bonchev–Trinajstić information content (AvgIpc) is 3.35. The van der Waals surface area contributed by atoms with Crippen LogP contribution in [0, 0.1) is 0 Å². The summed E-state index contributed by atoms with van der Waals surface area (Å²) >= 11 is 1.54. The number of benzene rings is 1. The van der Waals surface area contributed by atoms with Gasteiger partial charge < -0.3 is 24.4 Å². The van der Waals surface area contributed by atoms with Gasteiger partial charge in [-0.3, -0.25) is 14.5 Å². The number of carbonyl (C=O) groups is 2. The van der Waals surface area contributed by atoms with Crippen LogP contribution in [-0.4, -0.2) is 82.3 Å². The molecule has 0 radical (unpaired) electrons. The van der Waals surface area contributed by atoms with Gasteiger partial charge in [-0.1, -0.05) is 6.07 Å². The van der Waals surface area contributed by atoms with Crippen LogP contribution in [0.4, 0.5) is 0 Å². The lowest BCUT2D eigenvalue weighted by Gasteiger charge is -2.39. The Bertz CT molecular complexity index is 959. The van der Waals surface area contributed by atoms with Gasteiger partial charge in [0.25, 0.3) is 5.91 Å². The van der Waals surface area contributed by atoms with Crippen molar-refractivity contribution in [1.29, 1.82) is 0 Å². The maximum absolute atomic E-state index is 13.6. The lowest BCUT2D eigenvalue weighted by molar-refractivity contribution is -0.124. The lowest BCUT2D eigenvalue weighted by Crippen LogP contribution is -2.47. The maximum Gasteiger partial charge on any atom is 0.254 e. The van der Waals surface area contributed by atoms with Crippen LogP contribution >= 0.6 is 11.3 Å². The minimum Gasteiger partial charge on any atom is -0.493 e. The van der Waals surface area contributed by atoms with Gasteiger partial charge in [0.05, 0.1) is 39.4 Å². The van der Waals surface area contributed by atoms with E-state index >= 15 is 0 Å². The molecule has 0 spiro atoms. The summed E-state index contributed by atoms with van der Waals surface area (Å²) in [5.41, 5.74) is 1.12. The number of fused-ring (bicyclic) bond motifs is 1. The summed E-state index contributed by atoms with van der Waals surface area (Å²) in [5.74, 6) is 0.158. The summed E-state index contributed by atoms with van der Waals surface area (Å²) in [7, 11) is 4.83. The van der Waals surface area contributed by atoms with Gasteiger partial charge in [0.1, 0.15) is 0 Å². The molecule has 0 aliphatic carbocycles. The molecular weight excluding hydrogens is 430 g/mol. The van der Waals surface area contributed by atoms with Crippen LogP contribution in [0.2, 0.25) is 0 Å². The Hall–Kier alpha value is -2.62. The summed E-state index contributed by atoms with van der Waals surface area (Å²) in [4.78, 5) is 31.7. The number of hydrogen-bond donors (Lipinski definition) is 1. The quantitative estimate of drug-likeness (QED) is 0.683. The Kier molecular flexibility index (Phi) is 6.98. The number of thiophene rings is 1. The van der Waals surface area contributed by atoms with E-state index in [1.54, 1.807) is 42.5 Å². The first kappa shape index (κ1) is 22.6. The molecule has 1 aromatic heterocycles. The smallest absolute Gasteiger partial charge is 0.254 e. The molecule has 2 aromatic rings. The molecule has 8 nitrogen and oxygen atoms in total. The number of ether oxygens (including phenoxy) is 3. The van der Waals surface area contributed by atoms with Crippen LogP contribution in [-0.2, 0) is 9.53 Å². The standard InChI is InChI=1S/C23H29N3O5S/c1-25-21(19-5-4-12-32-19)20(22(27)24-6-7-26-8-10-31-11-9-26)15-13-17(29-2)18(30-3)14-16(15)23(25)28/h4-5,12-14,20-21H,6-11H2,1-3H3,(H,24,27)/t20-,21+/m1/s1. The first-order valence-corrected chi connectivity index (χ1v) is 11.6. The molecule has 172 valence electrons. The van der Waals surface area contributed by atoms with Crippen molar-refractivity contribution in [3.8, 4) is 11.5 Å². The first-order chi connectivity index (χ1) is 15.5. The van der Waals surface area contributed by atoms with E-state index in [1.807, 2.05) is 17.5 Å². The molecular formula is C23H29N3O5S. The molecule has 3 heterocycles. The Morgan fingerprint density at radius 2 is 1.94 bits per heavy atom. The monoisotopic (exact) mass is 459 g/mol. The molecule has 1 saturated heterocycles. The number of nitrogens with one attached hydrogen (secondary N) is 1. The third-order valence-corrected chi connectivity index (χ3v) is 7.07. The van der Waals surface area contributed by atoms with Gasteiger partial charge >= 0.3 is 0 Å². The predicted octanol–water partition coefficient (Wildman–Crippen LogP) is 2.12. The predicted molar refractivity (Wildman–Crippen MR) is 122 cm³/mol. The van der Waals surface area contributed by atoms with Crippen molar-refractivity contribution in [3.63, 3.8) is 0 Å². The second kappa shape index (κ2) is 9.89. The molecule has 4 rings (SSSR count). The van der Waals surface area contributed by atoms with Crippen molar-refractivity contribution in [2.45, 2.75) is 12.0 Å². The third-order valence-electron chi connectivity index (χ3n) is 6.12. The van der Waals surface area contributed by atoms with Crippen LogP contribution < -0.4 is 14.8 Å². The molecule has 1 aromatic carbocycles. The molecule has 2 amide bonds. The minimum absolute atomic E-state index is 0.107. The van der Waals surface area contributed by atoms with Crippen LogP contribution in [0.25, 0.3) is 0 Å². The minimum atomic E-state index is -0.559. The molecule has 0 unspecified atom stereocenters. The lowest BCUT2D eigenvalue weighted by atomic mass is 9.81. The van der Waals surface area contributed by atoms with Crippen molar-refractivity contribution in [1.82, 2.24) is 15.1 Å². The average molecular weight is 460 g/mol. The van der Waals surface area contributed by atoms with E-state index in [1.165, 1.54) is 7.11 Å². The van der Waals surface area contributed by atoms with Crippen molar-refractivity contribution in [3.05, 3.63) is 45.6 Å². The van der Waals surface area contributed by atoms with Gasteiger partial charge in [0, 0.05) is 43.7 Å². The topological polar surface area (TPSA) is 80.3 Å². The van der Waals surface area contributed by atoms with Crippen molar-refractivity contribution < 1.29 is 23.8 Å². The van der Waals surface area contributed by atoms with Crippen molar-refractivity contribution >= 4 is 23.2 Å². The normalized spacial score (nSPS) is 21.2. The molecule has 0 saturated carbocycles. The number of methoxy groups -OCH3 is 2. The number of carbonyl (C=O) groups excluding carboxylic acids is 2. The molecule has 9 heteroatoms. The van der Waals surface area contributed by atoms with E-state index < -0.39 is 12.0 Å². The highest BCUT2D eigenvalue weighted by atomic mass is 32.1. The zero-order valence-electron chi connectivity index (χ0n) is 18.6. The van der Waals surface area contributed by atoms with E-state index in [0.29, 0.717) is 29.2 Å². The van der Waals surface area contributed by atoms with E-state index in [4.69, 9.17) is 14.2 Å². The molecule has 0 bridgehead atoms. The fraction of sp³-hybridized carbons (Fsp3) is 0.478. The maximum atomic E-state index is 13.6. The zero-order chi connectivity index (χ0) is 22.7. The molecule has 1 N–H and O–H groups in total. The van der Waals surface area contributed by atoms with Crippen LogP contribution in [0.15, 0.2) is 29.6 Å². The summed E-state index contributed by atoms with van der Waals surface area (Å²) in [6.45, 7) is 4.48. The highest BCUT2D eigenvalue weighted by Gasteiger charge is 2.44. The SMILES string of the molecule is COc1cc2c(cc1OC)[C@@H](C(=O)NCCN1CCOCC1)[C@H](c1cccs1)N(C)C2=O. The summed E-state index contributed by atoms with van der Waals surface area (Å²) < 4.78 is 16.3. The van der Waals surface area contributed by atoms with Gasteiger partial charge in [-0.05, 0) is 29.1 Å². The van der Waals surface area contributed by atoms with Gasteiger partial charge in [0.2, 0.25) is 5.91 Å². The Morgan fingerprint density at radius 1 is 1.22 bits per heavy atom. The van der Waals surface area contributed by atoms with E-state index in [0.717, 1.165) is 37.7 Å². The molecule has 32 heavy (non-hydrogen) atoms. The number of amides is 2. The van der Waals surface area contributed by atoms with Crippen molar-refractivity contribution in [2.24, 2.45) is 0 Å².